The van der Waals surface area contributed by atoms with Crippen LogP contribution < -0.4 is 10.4 Å². The standard InChI is InChI=1S/C22H20Si/c1-3-15-13-16-14-20-18-11-7-8-12-19(18)21(16)22(15)23(20,2)17-9-5-4-6-10-17/h4-12,14H,3,13H2,1-2H3. The van der Waals surface area contributed by atoms with Crippen molar-refractivity contribution < 1.29 is 0 Å². The van der Waals surface area contributed by atoms with Gasteiger partial charge in [-0.05, 0) is 50.3 Å². The monoisotopic (exact) mass is 312 g/mol. The fourth-order valence-electron chi connectivity index (χ4n) is 4.89. The minimum absolute atomic E-state index is 1.18. The van der Waals surface area contributed by atoms with Gasteiger partial charge in [0.05, 0.1) is 0 Å². The van der Waals surface area contributed by atoms with E-state index in [0.29, 0.717) is 0 Å². The number of allylic oxidation sites excluding steroid dienone is 1. The van der Waals surface area contributed by atoms with E-state index in [2.05, 4.69) is 74.1 Å². The minimum Gasteiger partial charge on any atom is -0.0654 e. The third kappa shape index (κ3) is 1.51. The average molecular weight is 312 g/mol. The summed E-state index contributed by atoms with van der Waals surface area (Å²) in [6, 6.07) is 22.9. The van der Waals surface area contributed by atoms with Crippen molar-refractivity contribution in [2.24, 2.45) is 0 Å². The van der Waals surface area contributed by atoms with Gasteiger partial charge in [-0.2, -0.15) is 0 Å². The van der Waals surface area contributed by atoms with Crippen LogP contribution in [0.4, 0.5) is 0 Å². The van der Waals surface area contributed by atoms with E-state index in [9.17, 15) is 0 Å². The molecule has 23 heavy (non-hydrogen) atoms. The minimum atomic E-state index is -1.83. The maximum absolute atomic E-state index is 2.57. The van der Waals surface area contributed by atoms with Crippen LogP contribution in [-0.4, -0.2) is 8.07 Å². The molecule has 3 aromatic rings. The fraction of sp³-hybridized carbons (Fsp3) is 0.182. The molecular weight excluding hydrogens is 292 g/mol. The summed E-state index contributed by atoms with van der Waals surface area (Å²) >= 11 is 0. The van der Waals surface area contributed by atoms with Gasteiger partial charge in [0.2, 0.25) is 0 Å². The summed E-state index contributed by atoms with van der Waals surface area (Å²) in [6.45, 7) is 4.89. The van der Waals surface area contributed by atoms with Gasteiger partial charge in [-0.3, -0.25) is 0 Å². The van der Waals surface area contributed by atoms with Crippen LogP contribution in [-0.2, 0) is 6.42 Å². The molecule has 0 saturated heterocycles. The third-order valence-corrected chi connectivity index (χ3v) is 10.5. The van der Waals surface area contributed by atoms with Gasteiger partial charge < -0.3 is 0 Å². The Morgan fingerprint density at radius 1 is 0.913 bits per heavy atom. The van der Waals surface area contributed by atoms with Gasteiger partial charge in [0.1, 0.15) is 8.07 Å². The van der Waals surface area contributed by atoms with E-state index in [1.165, 1.54) is 23.6 Å². The first-order valence-electron chi connectivity index (χ1n) is 8.58. The van der Waals surface area contributed by atoms with Gasteiger partial charge in [0.25, 0.3) is 0 Å². The van der Waals surface area contributed by atoms with Crippen molar-refractivity contribution in [1.29, 1.82) is 0 Å². The fourth-order valence-corrected chi connectivity index (χ4v) is 9.60. The summed E-state index contributed by atoms with van der Waals surface area (Å²) in [5.41, 5.74) is 4.85. The van der Waals surface area contributed by atoms with Gasteiger partial charge >= 0.3 is 0 Å². The van der Waals surface area contributed by atoms with E-state index in [-0.39, 0.29) is 0 Å². The molecule has 0 amide bonds. The molecular formula is C22H20Si. The smallest absolute Gasteiger partial charge is 0.0654 e. The Hall–Kier alpha value is -2.12. The van der Waals surface area contributed by atoms with Crippen LogP contribution in [0.3, 0.4) is 0 Å². The van der Waals surface area contributed by atoms with Gasteiger partial charge in [-0.15, -0.1) is 0 Å². The van der Waals surface area contributed by atoms with Crippen molar-refractivity contribution in [1.82, 2.24) is 0 Å². The van der Waals surface area contributed by atoms with E-state index in [0.717, 1.165) is 0 Å². The molecule has 112 valence electrons. The van der Waals surface area contributed by atoms with Crippen LogP contribution in [0.2, 0.25) is 6.55 Å². The highest BCUT2D eigenvalue weighted by Gasteiger charge is 2.47. The molecule has 3 aliphatic rings. The third-order valence-electron chi connectivity index (χ3n) is 5.95. The summed E-state index contributed by atoms with van der Waals surface area (Å²) in [5.74, 6) is 0. The lowest BCUT2D eigenvalue weighted by molar-refractivity contribution is 1.04. The summed E-state index contributed by atoms with van der Waals surface area (Å²) in [7, 11) is -1.83. The van der Waals surface area contributed by atoms with Gasteiger partial charge in [0.15, 0.2) is 0 Å². The molecule has 1 heteroatoms. The van der Waals surface area contributed by atoms with Gasteiger partial charge in [-0.1, -0.05) is 79.7 Å². The van der Waals surface area contributed by atoms with Crippen molar-refractivity contribution in [2.75, 3.05) is 0 Å². The zero-order valence-electron chi connectivity index (χ0n) is 13.7. The summed E-state index contributed by atoms with van der Waals surface area (Å²) in [6.07, 6.45) is 2.36. The molecule has 0 saturated carbocycles. The molecule has 3 aromatic carbocycles. The van der Waals surface area contributed by atoms with E-state index >= 15 is 0 Å². The number of hydrogen-bond donors (Lipinski definition) is 0. The molecule has 2 aliphatic heterocycles. The average Bonchev–Trinajstić information content (AvgIpc) is 2.95. The molecule has 1 unspecified atom stereocenters. The molecule has 0 radical (unpaired) electrons. The summed E-state index contributed by atoms with van der Waals surface area (Å²) < 4.78 is 0. The Morgan fingerprint density at radius 2 is 1.61 bits per heavy atom. The summed E-state index contributed by atoms with van der Waals surface area (Å²) in [4.78, 5) is 0. The molecule has 6 rings (SSSR count). The van der Waals surface area contributed by atoms with Gasteiger partial charge in [-0.25, -0.2) is 0 Å². The van der Waals surface area contributed by atoms with E-state index in [4.69, 9.17) is 0 Å². The number of rotatable bonds is 2. The Morgan fingerprint density at radius 3 is 2.35 bits per heavy atom. The zero-order chi connectivity index (χ0) is 15.6. The quantitative estimate of drug-likeness (QED) is 0.619. The second-order valence-electron chi connectivity index (χ2n) is 7.00. The normalized spacial score (nSPS) is 21.5. The Kier molecular flexibility index (Phi) is 2.58. The van der Waals surface area contributed by atoms with Crippen molar-refractivity contribution in [3.8, 4) is 0 Å². The highest BCUT2D eigenvalue weighted by molar-refractivity contribution is 7.16. The highest BCUT2D eigenvalue weighted by atomic mass is 28.3. The zero-order valence-corrected chi connectivity index (χ0v) is 14.7. The number of benzene rings is 3. The highest BCUT2D eigenvalue weighted by Crippen LogP contribution is 2.47. The van der Waals surface area contributed by atoms with E-state index < -0.39 is 8.07 Å². The SMILES string of the molecule is CCC1=C2c3c(cc(c4ccccc34)[Si]2(C)c2ccccc2)C1. The maximum atomic E-state index is 2.57. The van der Waals surface area contributed by atoms with Crippen LogP contribution in [0.15, 0.2) is 66.2 Å². The molecule has 0 N–H and O–H groups in total. The van der Waals surface area contributed by atoms with Crippen molar-refractivity contribution in [3.63, 3.8) is 0 Å². The Bertz CT molecular complexity index is 982. The Labute approximate surface area is 138 Å². The van der Waals surface area contributed by atoms with Crippen LogP contribution in [0, 0.1) is 0 Å². The first kappa shape index (κ1) is 13.3. The second-order valence-corrected chi connectivity index (χ2v) is 10.9. The molecule has 1 atom stereocenters. The molecule has 4 bridgehead atoms. The van der Waals surface area contributed by atoms with Crippen molar-refractivity contribution in [2.45, 2.75) is 26.3 Å². The predicted molar refractivity (Wildman–Crippen MR) is 102 cm³/mol. The van der Waals surface area contributed by atoms with E-state index in [1.807, 2.05) is 0 Å². The molecule has 0 aromatic heterocycles. The van der Waals surface area contributed by atoms with Crippen LogP contribution in [0.1, 0.15) is 24.5 Å². The van der Waals surface area contributed by atoms with Crippen molar-refractivity contribution >= 4 is 34.4 Å². The first-order chi connectivity index (χ1) is 11.2. The molecule has 0 spiro atoms. The maximum Gasteiger partial charge on any atom is 0.147 e. The van der Waals surface area contributed by atoms with Gasteiger partial charge in [0, 0.05) is 0 Å². The topological polar surface area (TPSA) is 0 Å². The molecule has 2 heterocycles. The lowest BCUT2D eigenvalue weighted by atomic mass is 10.00. The molecule has 0 fully saturated rings. The second kappa shape index (κ2) is 4.45. The summed E-state index contributed by atoms with van der Waals surface area (Å²) in [5, 5.41) is 7.89. The van der Waals surface area contributed by atoms with Crippen LogP contribution in [0.25, 0.3) is 16.0 Å². The van der Waals surface area contributed by atoms with Crippen LogP contribution in [0.5, 0.6) is 0 Å². The van der Waals surface area contributed by atoms with E-state index in [1.54, 1.807) is 32.3 Å². The largest absolute Gasteiger partial charge is 0.147 e. The van der Waals surface area contributed by atoms with Crippen molar-refractivity contribution in [3.05, 3.63) is 77.4 Å². The predicted octanol–water partition coefficient (Wildman–Crippen LogP) is 4.31. The molecule has 1 aliphatic carbocycles. The lowest BCUT2D eigenvalue weighted by Gasteiger charge is -2.38. The Balaban J connectivity index is 1.97. The lowest BCUT2D eigenvalue weighted by Crippen LogP contribution is -2.59. The number of hydrogen-bond acceptors (Lipinski definition) is 0. The first-order valence-corrected chi connectivity index (χ1v) is 11.1. The molecule has 0 nitrogen and oxygen atoms in total. The van der Waals surface area contributed by atoms with Crippen LogP contribution >= 0.6 is 0 Å².